The maximum atomic E-state index is 12.3. The maximum absolute atomic E-state index is 12.3. The van der Waals surface area contributed by atoms with E-state index in [1.54, 1.807) is 11.3 Å². The molecule has 2 saturated heterocycles. The van der Waals surface area contributed by atoms with E-state index >= 15 is 0 Å². The van der Waals surface area contributed by atoms with Crippen LogP contribution in [-0.4, -0.2) is 49.2 Å². The van der Waals surface area contributed by atoms with Gasteiger partial charge in [0, 0.05) is 18.0 Å². The normalized spacial score (nSPS) is 27.1. The summed E-state index contributed by atoms with van der Waals surface area (Å²) >= 11 is 1.77. The van der Waals surface area contributed by atoms with Gasteiger partial charge in [-0.25, -0.2) is 0 Å². The zero-order chi connectivity index (χ0) is 15.4. The van der Waals surface area contributed by atoms with Crippen molar-refractivity contribution in [3.8, 4) is 0 Å². The number of carbonyl (C=O) groups is 1. The maximum Gasteiger partial charge on any atom is 0.249 e. The molecule has 0 spiro atoms. The first-order valence-corrected chi connectivity index (χ1v) is 9.06. The van der Waals surface area contributed by atoms with Crippen LogP contribution in [0.4, 0.5) is 0 Å². The number of nitrogens with two attached hydrogens (primary N) is 1. The molecule has 0 aliphatic carbocycles. The average Bonchev–Trinajstić information content (AvgIpc) is 3.29. The van der Waals surface area contributed by atoms with Crippen molar-refractivity contribution in [2.24, 2.45) is 5.73 Å². The van der Waals surface area contributed by atoms with Gasteiger partial charge in [0.2, 0.25) is 5.91 Å². The van der Waals surface area contributed by atoms with Crippen LogP contribution in [0.1, 0.15) is 36.6 Å². The third-order valence-electron chi connectivity index (χ3n) is 4.59. The summed E-state index contributed by atoms with van der Waals surface area (Å²) in [5, 5.41) is 5.20. The molecule has 2 fully saturated rings. The fraction of sp³-hybridized carbons (Fsp3) is 0.688. The number of nitrogens with zero attached hydrogens (tertiary/aromatic N) is 1. The van der Waals surface area contributed by atoms with E-state index in [0.717, 1.165) is 25.9 Å². The molecule has 2 aliphatic heterocycles. The molecule has 3 rings (SSSR count). The number of hydrogen-bond donors (Lipinski definition) is 2. The average molecular weight is 323 g/mol. The molecule has 1 aromatic rings. The third-order valence-corrected chi connectivity index (χ3v) is 5.56. The highest BCUT2D eigenvalue weighted by Gasteiger charge is 2.31. The van der Waals surface area contributed by atoms with Crippen LogP contribution >= 0.6 is 11.3 Å². The molecule has 1 aromatic heterocycles. The van der Waals surface area contributed by atoms with Gasteiger partial charge in [-0.2, -0.15) is 0 Å². The van der Waals surface area contributed by atoms with Crippen LogP contribution < -0.4 is 11.1 Å². The number of hydrogen-bond acceptors (Lipinski definition) is 5. The van der Waals surface area contributed by atoms with Crippen molar-refractivity contribution >= 4 is 17.2 Å². The minimum atomic E-state index is -0.323. The quantitative estimate of drug-likeness (QED) is 0.833. The second kappa shape index (κ2) is 7.55. The first kappa shape index (κ1) is 15.9. The number of nitrogens with one attached hydrogen (secondary N) is 1. The van der Waals surface area contributed by atoms with Gasteiger partial charge < -0.3 is 15.8 Å². The van der Waals surface area contributed by atoms with Crippen molar-refractivity contribution < 1.29 is 9.53 Å². The van der Waals surface area contributed by atoms with Gasteiger partial charge in [0.1, 0.15) is 6.10 Å². The zero-order valence-corrected chi connectivity index (χ0v) is 13.7. The first-order valence-electron chi connectivity index (χ1n) is 8.18. The van der Waals surface area contributed by atoms with Gasteiger partial charge in [-0.3, -0.25) is 9.69 Å². The van der Waals surface area contributed by atoms with Gasteiger partial charge in [-0.05, 0) is 50.2 Å². The van der Waals surface area contributed by atoms with Crippen molar-refractivity contribution in [3.05, 3.63) is 22.4 Å². The van der Waals surface area contributed by atoms with Crippen molar-refractivity contribution in [2.75, 3.05) is 26.2 Å². The number of thiophene rings is 1. The number of amides is 1. The fourth-order valence-electron chi connectivity index (χ4n) is 3.33. The van der Waals surface area contributed by atoms with E-state index in [0.29, 0.717) is 13.1 Å². The van der Waals surface area contributed by atoms with E-state index in [4.69, 9.17) is 10.5 Å². The Kier molecular flexibility index (Phi) is 5.46. The van der Waals surface area contributed by atoms with E-state index in [-0.39, 0.29) is 24.2 Å². The second-order valence-electron chi connectivity index (χ2n) is 6.08. The Labute approximate surface area is 135 Å². The summed E-state index contributed by atoms with van der Waals surface area (Å²) in [7, 11) is 0. The van der Waals surface area contributed by atoms with E-state index in [1.807, 2.05) is 0 Å². The molecule has 6 heteroatoms. The molecule has 5 nitrogen and oxygen atoms in total. The molecule has 1 amide bonds. The summed E-state index contributed by atoms with van der Waals surface area (Å²) in [5.41, 5.74) is 5.60. The Bertz CT molecular complexity index is 474. The van der Waals surface area contributed by atoms with Crippen LogP contribution in [0.2, 0.25) is 0 Å². The van der Waals surface area contributed by atoms with Gasteiger partial charge in [-0.1, -0.05) is 6.07 Å². The Morgan fingerprint density at radius 3 is 2.91 bits per heavy atom. The van der Waals surface area contributed by atoms with Gasteiger partial charge >= 0.3 is 0 Å². The van der Waals surface area contributed by atoms with Gasteiger partial charge in [0.15, 0.2) is 0 Å². The highest BCUT2D eigenvalue weighted by atomic mass is 32.1. The van der Waals surface area contributed by atoms with Crippen LogP contribution in [0.3, 0.4) is 0 Å². The molecule has 3 N–H and O–H groups in total. The lowest BCUT2D eigenvalue weighted by Crippen LogP contribution is -2.41. The summed E-state index contributed by atoms with van der Waals surface area (Å²) in [6, 6.07) is 4.53. The Balaban J connectivity index is 1.56. The highest BCUT2D eigenvalue weighted by molar-refractivity contribution is 7.10. The fourth-order valence-corrected chi connectivity index (χ4v) is 4.19. The number of ether oxygens (including phenoxy) is 1. The molecule has 1 unspecified atom stereocenters. The molecule has 22 heavy (non-hydrogen) atoms. The SMILES string of the molecule is NC[C@H]1CC[C@@H](C(=O)NCC(c2cccs2)N2CCCC2)O1. The molecule has 122 valence electrons. The lowest BCUT2D eigenvalue weighted by molar-refractivity contribution is -0.132. The van der Waals surface area contributed by atoms with E-state index < -0.39 is 0 Å². The van der Waals surface area contributed by atoms with Gasteiger partial charge in [0.25, 0.3) is 0 Å². The summed E-state index contributed by atoms with van der Waals surface area (Å²) in [4.78, 5) is 16.1. The van der Waals surface area contributed by atoms with Crippen molar-refractivity contribution in [3.63, 3.8) is 0 Å². The standard InChI is InChI=1S/C16H25N3O2S/c17-10-12-5-6-14(21-12)16(20)18-11-13(15-4-3-9-22-15)19-7-1-2-8-19/h3-4,9,12-14H,1-2,5-8,10-11,17H2,(H,18,20)/t12-,13?,14+/m1/s1. The monoisotopic (exact) mass is 323 g/mol. The number of carbonyl (C=O) groups excluding carboxylic acids is 1. The highest BCUT2D eigenvalue weighted by Crippen LogP contribution is 2.28. The van der Waals surface area contributed by atoms with Crippen LogP contribution in [-0.2, 0) is 9.53 Å². The molecule has 0 radical (unpaired) electrons. The molecule has 0 bridgehead atoms. The zero-order valence-electron chi connectivity index (χ0n) is 12.9. The summed E-state index contributed by atoms with van der Waals surface area (Å²) < 4.78 is 5.67. The topological polar surface area (TPSA) is 67.6 Å². The lowest BCUT2D eigenvalue weighted by atomic mass is 10.1. The largest absolute Gasteiger partial charge is 0.364 e. The van der Waals surface area contributed by atoms with Crippen molar-refractivity contribution in [2.45, 2.75) is 43.9 Å². The van der Waals surface area contributed by atoms with E-state index in [2.05, 4.69) is 27.7 Å². The molecule has 0 saturated carbocycles. The van der Waals surface area contributed by atoms with Gasteiger partial charge in [0.05, 0.1) is 12.1 Å². The summed E-state index contributed by atoms with van der Waals surface area (Å²) in [5.74, 6) is 0.0108. The third kappa shape index (κ3) is 3.68. The Hall–Kier alpha value is -0.950. The first-order chi connectivity index (χ1) is 10.8. The number of likely N-dealkylation sites (tertiary alicyclic amines) is 1. The Morgan fingerprint density at radius 1 is 1.45 bits per heavy atom. The molecule has 2 aliphatic rings. The molecule has 3 heterocycles. The molecule has 0 aromatic carbocycles. The molecule has 3 atom stereocenters. The van der Waals surface area contributed by atoms with Crippen LogP contribution in [0, 0.1) is 0 Å². The van der Waals surface area contributed by atoms with Crippen LogP contribution in [0.5, 0.6) is 0 Å². The van der Waals surface area contributed by atoms with E-state index in [1.165, 1.54) is 17.7 Å². The molecular formula is C16H25N3O2S. The lowest BCUT2D eigenvalue weighted by Gasteiger charge is -2.27. The minimum Gasteiger partial charge on any atom is -0.364 e. The second-order valence-corrected chi connectivity index (χ2v) is 7.06. The van der Waals surface area contributed by atoms with Crippen molar-refractivity contribution in [1.29, 1.82) is 0 Å². The van der Waals surface area contributed by atoms with E-state index in [9.17, 15) is 4.79 Å². The smallest absolute Gasteiger partial charge is 0.249 e. The summed E-state index contributed by atoms with van der Waals surface area (Å²) in [6.45, 7) is 3.39. The Morgan fingerprint density at radius 2 is 2.27 bits per heavy atom. The summed E-state index contributed by atoms with van der Waals surface area (Å²) in [6.07, 6.45) is 3.88. The molecular weight excluding hydrogens is 298 g/mol. The van der Waals surface area contributed by atoms with Crippen LogP contribution in [0.25, 0.3) is 0 Å². The predicted molar refractivity (Wildman–Crippen MR) is 87.8 cm³/mol. The predicted octanol–water partition coefficient (Wildman–Crippen LogP) is 1.51. The van der Waals surface area contributed by atoms with Gasteiger partial charge in [-0.15, -0.1) is 11.3 Å². The minimum absolute atomic E-state index is 0.0108. The van der Waals surface area contributed by atoms with Crippen LogP contribution in [0.15, 0.2) is 17.5 Å². The number of rotatable bonds is 6. The van der Waals surface area contributed by atoms with Crippen molar-refractivity contribution in [1.82, 2.24) is 10.2 Å².